The maximum atomic E-state index is 12.1. The lowest BCUT2D eigenvalue weighted by molar-refractivity contribution is -0.0949. The lowest BCUT2D eigenvalue weighted by atomic mass is 10.5. The Bertz CT molecular complexity index is 415. The van der Waals surface area contributed by atoms with Gasteiger partial charge in [0.25, 0.3) is 0 Å². The predicted molar refractivity (Wildman–Crippen MR) is 45.2 cm³/mol. The summed E-state index contributed by atoms with van der Waals surface area (Å²) >= 11 is 0.996. The molecule has 0 fully saturated rings. The van der Waals surface area contributed by atoms with Crippen molar-refractivity contribution in [1.29, 1.82) is 0 Å². The quantitative estimate of drug-likeness (QED) is 0.659. The molecule has 0 aliphatic rings. The van der Waals surface area contributed by atoms with Gasteiger partial charge in [-0.2, -0.15) is 13.2 Å². The van der Waals surface area contributed by atoms with Gasteiger partial charge >= 0.3 is 12.1 Å². The fourth-order valence-electron chi connectivity index (χ4n) is 0.921. The Morgan fingerprint density at radius 1 is 1.57 bits per heavy atom. The number of rotatable bonds is 0. The smallest absolute Gasteiger partial charge is 0.263 e. The molecule has 0 radical (unpaired) electrons. The Kier molecular flexibility index (Phi) is 2.79. The molecular formula is C7H7F3N2OS. The van der Waals surface area contributed by atoms with Gasteiger partial charge in [-0.25, -0.2) is 0 Å². The zero-order chi connectivity index (χ0) is 10.9. The van der Waals surface area contributed by atoms with Crippen molar-refractivity contribution in [1.82, 2.24) is 4.57 Å². The van der Waals surface area contributed by atoms with Crippen LogP contribution in [-0.2, 0) is 0 Å². The van der Waals surface area contributed by atoms with Gasteiger partial charge < -0.3 is 0 Å². The molecule has 0 unspecified atom stereocenters. The number of carbonyl (C=O) groups excluding carboxylic acids is 1. The maximum absolute atomic E-state index is 12.1. The van der Waals surface area contributed by atoms with Crippen molar-refractivity contribution < 1.29 is 18.0 Å². The summed E-state index contributed by atoms with van der Waals surface area (Å²) in [6, 6.07) is 0. The van der Waals surface area contributed by atoms with E-state index in [1.165, 1.54) is 19.4 Å². The number of hydrogen-bond donors (Lipinski definition) is 0. The molecule has 7 heteroatoms. The molecule has 0 aliphatic heterocycles. The van der Waals surface area contributed by atoms with Crippen molar-refractivity contribution in [2.24, 2.45) is 4.99 Å². The van der Waals surface area contributed by atoms with Crippen LogP contribution in [0.2, 0.25) is 0 Å². The summed E-state index contributed by atoms with van der Waals surface area (Å²) in [6.45, 7) is 1.43. The second-order valence-electron chi connectivity index (χ2n) is 2.52. The largest absolute Gasteiger partial charge is 0.472 e. The van der Waals surface area contributed by atoms with E-state index in [-0.39, 0.29) is 10.5 Å². The summed E-state index contributed by atoms with van der Waals surface area (Å²) in [6.07, 6.45) is -4.87. The minimum atomic E-state index is -4.87. The SMILES string of the molecule is CN=c1scc(C)n1C(=O)C(F)(F)F. The Balaban J connectivity index is 3.33. The van der Waals surface area contributed by atoms with Crippen molar-refractivity contribution in [3.8, 4) is 0 Å². The summed E-state index contributed by atoms with van der Waals surface area (Å²) in [7, 11) is 1.34. The number of nitrogens with zero attached hydrogens (tertiary/aromatic N) is 2. The molecule has 0 spiro atoms. The average Bonchev–Trinajstić information content (AvgIpc) is 2.43. The number of aryl methyl sites for hydroxylation is 1. The van der Waals surface area contributed by atoms with Crippen molar-refractivity contribution in [3.63, 3.8) is 0 Å². The summed E-state index contributed by atoms with van der Waals surface area (Å²) in [5, 5.41) is 1.45. The molecule has 3 nitrogen and oxygen atoms in total. The molecule has 1 rings (SSSR count). The molecule has 0 atom stereocenters. The third kappa shape index (κ3) is 1.87. The van der Waals surface area contributed by atoms with Gasteiger partial charge in [-0.1, -0.05) is 0 Å². The van der Waals surface area contributed by atoms with Crippen molar-refractivity contribution >= 4 is 17.2 Å². The molecule has 1 heterocycles. The van der Waals surface area contributed by atoms with E-state index < -0.39 is 12.1 Å². The fraction of sp³-hybridized carbons (Fsp3) is 0.429. The van der Waals surface area contributed by atoms with E-state index in [1.807, 2.05) is 0 Å². The lowest BCUT2D eigenvalue weighted by Gasteiger charge is -2.06. The second kappa shape index (κ2) is 3.56. The van der Waals surface area contributed by atoms with Crippen molar-refractivity contribution in [2.45, 2.75) is 13.1 Å². The molecule has 14 heavy (non-hydrogen) atoms. The van der Waals surface area contributed by atoms with E-state index in [4.69, 9.17) is 0 Å². The third-order valence-electron chi connectivity index (χ3n) is 1.52. The first-order chi connectivity index (χ1) is 6.38. The number of thiazole rings is 1. The van der Waals surface area contributed by atoms with E-state index >= 15 is 0 Å². The van der Waals surface area contributed by atoms with Crippen LogP contribution >= 0.6 is 11.3 Å². The summed E-state index contributed by atoms with van der Waals surface area (Å²) in [5.74, 6) is -1.91. The van der Waals surface area contributed by atoms with E-state index in [0.29, 0.717) is 4.57 Å². The van der Waals surface area contributed by atoms with Crippen LogP contribution in [0.25, 0.3) is 0 Å². The first-order valence-corrected chi connectivity index (χ1v) is 4.47. The standard InChI is InChI=1S/C7H7F3N2OS/c1-4-3-14-6(11-2)12(4)5(13)7(8,9)10/h3H,1-2H3. The maximum Gasteiger partial charge on any atom is 0.472 e. The third-order valence-corrected chi connectivity index (χ3v) is 2.55. The number of halogens is 3. The molecule has 0 amide bonds. The van der Waals surface area contributed by atoms with Gasteiger partial charge in [0.05, 0.1) is 0 Å². The number of aromatic nitrogens is 1. The number of hydrogen-bond acceptors (Lipinski definition) is 3. The first-order valence-electron chi connectivity index (χ1n) is 3.59. The van der Waals surface area contributed by atoms with Gasteiger partial charge in [-0.05, 0) is 6.92 Å². The first kappa shape index (κ1) is 11.0. The Morgan fingerprint density at radius 3 is 2.57 bits per heavy atom. The van der Waals surface area contributed by atoms with E-state index in [1.54, 1.807) is 0 Å². The summed E-state index contributed by atoms with van der Waals surface area (Å²) in [5.41, 5.74) is 0.234. The minimum Gasteiger partial charge on any atom is -0.263 e. The van der Waals surface area contributed by atoms with Crippen LogP contribution in [0.4, 0.5) is 13.2 Å². The monoisotopic (exact) mass is 224 g/mol. The van der Waals surface area contributed by atoms with E-state index in [2.05, 4.69) is 4.99 Å². The van der Waals surface area contributed by atoms with Gasteiger partial charge in [0.2, 0.25) is 0 Å². The Morgan fingerprint density at radius 2 is 2.14 bits per heavy atom. The molecule has 0 N–H and O–H groups in total. The highest BCUT2D eigenvalue weighted by atomic mass is 32.1. The van der Waals surface area contributed by atoms with Crippen LogP contribution in [0.15, 0.2) is 10.4 Å². The van der Waals surface area contributed by atoms with Crippen LogP contribution in [0.5, 0.6) is 0 Å². The summed E-state index contributed by atoms with van der Waals surface area (Å²) < 4.78 is 36.9. The van der Waals surface area contributed by atoms with Gasteiger partial charge in [-0.15, -0.1) is 11.3 Å². The van der Waals surface area contributed by atoms with Crippen LogP contribution in [0, 0.1) is 6.92 Å². The molecule has 0 aromatic carbocycles. The zero-order valence-corrected chi connectivity index (χ0v) is 8.24. The summed E-state index contributed by atoms with van der Waals surface area (Å²) in [4.78, 5) is 14.5. The predicted octanol–water partition coefficient (Wildman–Crippen LogP) is 1.59. The van der Waals surface area contributed by atoms with Crippen LogP contribution in [0.3, 0.4) is 0 Å². The molecule has 0 aliphatic carbocycles. The molecule has 1 aromatic rings. The molecule has 0 saturated carbocycles. The van der Waals surface area contributed by atoms with Crippen LogP contribution in [-0.4, -0.2) is 23.7 Å². The van der Waals surface area contributed by atoms with Crippen LogP contribution < -0.4 is 4.80 Å². The van der Waals surface area contributed by atoms with Gasteiger partial charge in [-0.3, -0.25) is 14.4 Å². The van der Waals surface area contributed by atoms with E-state index in [0.717, 1.165) is 11.3 Å². The van der Waals surface area contributed by atoms with Crippen molar-refractivity contribution in [2.75, 3.05) is 7.05 Å². The van der Waals surface area contributed by atoms with E-state index in [9.17, 15) is 18.0 Å². The zero-order valence-electron chi connectivity index (χ0n) is 7.42. The van der Waals surface area contributed by atoms with Gasteiger partial charge in [0.1, 0.15) is 0 Å². The molecule has 0 bridgehead atoms. The molecular weight excluding hydrogens is 217 g/mol. The highest BCUT2D eigenvalue weighted by Crippen LogP contribution is 2.18. The number of alkyl halides is 3. The highest BCUT2D eigenvalue weighted by molar-refractivity contribution is 7.07. The normalized spacial score (nSPS) is 13.4. The number of carbonyl (C=O) groups is 1. The topological polar surface area (TPSA) is 34.4 Å². The molecule has 78 valence electrons. The minimum absolute atomic E-state index is 0.0461. The molecule has 0 saturated heterocycles. The Labute approximate surface area is 81.5 Å². The Hall–Kier alpha value is -1.11. The van der Waals surface area contributed by atoms with Crippen molar-refractivity contribution in [3.05, 3.63) is 15.9 Å². The highest BCUT2D eigenvalue weighted by Gasteiger charge is 2.41. The average molecular weight is 224 g/mol. The fourth-order valence-corrected chi connectivity index (χ4v) is 1.74. The van der Waals surface area contributed by atoms with Crippen LogP contribution in [0.1, 0.15) is 10.5 Å². The van der Waals surface area contributed by atoms with Gasteiger partial charge in [0, 0.05) is 18.1 Å². The lowest BCUT2D eigenvalue weighted by Crippen LogP contribution is -2.35. The molecule has 1 aromatic heterocycles. The second-order valence-corrected chi connectivity index (χ2v) is 3.36. The van der Waals surface area contributed by atoms with Gasteiger partial charge in [0.15, 0.2) is 4.80 Å².